The standard InChI is InChI=1S/C13H18N2O4/c14-8-10-3-4-11(15(17)18)12(7-10)19-9-13(16)5-1-2-6-13/h3-4,7,16H,1-2,5-6,8-9,14H2. The number of nitro groups is 1. The summed E-state index contributed by atoms with van der Waals surface area (Å²) in [5, 5.41) is 21.1. The lowest BCUT2D eigenvalue weighted by molar-refractivity contribution is -0.386. The van der Waals surface area contributed by atoms with Crippen LogP contribution in [0.1, 0.15) is 31.2 Å². The summed E-state index contributed by atoms with van der Waals surface area (Å²) >= 11 is 0. The lowest BCUT2D eigenvalue weighted by Gasteiger charge is -2.22. The van der Waals surface area contributed by atoms with Gasteiger partial charge >= 0.3 is 5.69 Å². The molecule has 0 saturated heterocycles. The van der Waals surface area contributed by atoms with Crippen molar-refractivity contribution in [3.8, 4) is 5.75 Å². The van der Waals surface area contributed by atoms with Crippen molar-refractivity contribution < 1.29 is 14.8 Å². The molecular formula is C13H18N2O4. The Balaban J connectivity index is 2.15. The molecule has 0 bridgehead atoms. The molecule has 0 radical (unpaired) electrons. The summed E-state index contributed by atoms with van der Waals surface area (Å²) in [6.45, 7) is 0.375. The Kier molecular flexibility index (Phi) is 4.01. The molecule has 0 spiro atoms. The summed E-state index contributed by atoms with van der Waals surface area (Å²) in [5.41, 5.74) is 5.32. The molecule has 0 aromatic heterocycles. The SMILES string of the molecule is NCc1ccc([N+](=O)[O-])c(OCC2(O)CCCC2)c1. The first kappa shape index (κ1) is 13.8. The van der Waals surface area contributed by atoms with Crippen LogP contribution in [0, 0.1) is 10.1 Å². The molecule has 1 aliphatic rings. The van der Waals surface area contributed by atoms with Gasteiger partial charge in [-0.05, 0) is 24.5 Å². The molecule has 1 fully saturated rings. The minimum absolute atomic E-state index is 0.0852. The lowest BCUT2D eigenvalue weighted by atomic mass is 10.0. The minimum atomic E-state index is -0.855. The molecule has 0 amide bonds. The van der Waals surface area contributed by atoms with Crippen LogP contribution in [0.3, 0.4) is 0 Å². The summed E-state index contributed by atoms with van der Waals surface area (Å²) in [6, 6.07) is 4.56. The molecule has 1 aromatic rings. The van der Waals surface area contributed by atoms with Crippen LogP contribution in [0.25, 0.3) is 0 Å². The first-order chi connectivity index (χ1) is 9.04. The predicted molar refractivity (Wildman–Crippen MR) is 69.9 cm³/mol. The van der Waals surface area contributed by atoms with E-state index in [0.29, 0.717) is 19.4 Å². The number of hydrogen-bond donors (Lipinski definition) is 2. The molecule has 1 aliphatic carbocycles. The first-order valence-electron chi connectivity index (χ1n) is 6.37. The molecule has 2 rings (SSSR count). The van der Waals surface area contributed by atoms with Gasteiger partial charge in [-0.3, -0.25) is 10.1 Å². The Bertz CT molecular complexity index is 470. The molecule has 1 aromatic carbocycles. The maximum atomic E-state index is 10.9. The first-order valence-corrected chi connectivity index (χ1v) is 6.37. The van der Waals surface area contributed by atoms with Crippen LogP contribution in [0.2, 0.25) is 0 Å². The van der Waals surface area contributed by atoms with Gasteiger partial charge in [-0.15, -0.1) is 0 Å². The van der Waals surface area contributed by atoms with E-state index in [2.05, 4.69) is 0 Å². The zero-order valence-corrected chi connectivity index (χ0v) is 10.7. The van der Waals surface area contributed by atoms with Gasteiger partial charge in [-0.2, -0.15) is 0 Å². The van der Waals surface area contributed by atoms with Crippen LogP contribution in [-0.4, -0.2) is 22.2 Å². The molecular weight excluding hydrogens is 248 g/mol. The monoisotopic (exact) mass is 266 g/mol. The van der Waals surface area contributed by atoms with Crippen LogP contribution < -0.4 is 10.5 Å². The minimum Gasteiger partial charge on any atom is -0.484 e. The van der Waals surface area contributed by atoms with Crippen molar-refractivity contribution in [2.45, 2.75) is 37.8 Å². The van der Waals surface area contributed by atoms with E-state index in [1.165, 1.54) is 6.07 Å². The maximum absolute atomic E-state index is 10.9. The zero-order valence-electron chi connectivity index (χ0n) is 10.7. The normalized spacial score (nSPS) is 17.4. The van der Waals surface area contributed by atoms with Gasteiger partial charge in [0.1, 0.15) is 6.61 Å². The van der Waals surface area contributed by atoms with Crippen molar-refractivity contribution in [2.75, 3.05) is 6.61 Å². The van der Waals surface area contributed by atoms with Gasteiger partial charge < -0.3 is 15.6 Å². The zero-order chi connectivity index (χ0) is 13.9. The van der Waals surface area contributed by atoms with Crippen molar-refractivity contribution in [1.29, 1.82) is 0 Å². The van der Waals surface area contributed by atoms with Crippen LogP contribution in [0.15, 0.2) is 18.2 Å². The highest BCUT2D eigenvalue weighted by molar-refractivity contribution is 5.48. The van der Waals surface area contributed by atoms with E-state index in [4.69, 9.17) is 10.5 Å². The van der Waals surface area contributed by atoms with Crippen molar-refractivity contribution in [1.82, 2.24) is 0 Å². The molecule has 0 unspecified atom stereocenters. The topological polar surface area (TPSA) is 98.6 Å². The van der Waals surface area contributed by atoms with E-state index in [-0.39, 0.29) is 18.0 Å². The fourth-order valence-corrected chi connectivity index (χ4v) is 2.34. The van der Waals surface area contributed by atoms with Crippen molar-refractivity contribution >= 4 is 5.69 Å². The molecule has 6 nitrogen and oxygen atoms in total. The second-order valence-corrected chi connectivity index (χ2v) is 4.98. The average molecular weight is 266 g/mol. The maximum Gasteiger partial charge on any atom is 0.310 e. The molecule has 104 valence electrons. The summed E-state index contributed by atoms with van der Waals surface area (Å²) in [4.78, 5) is 10.4. The van der Waals surface area contributed by atoms with E-state index in [9.17, 15) is 15.2 Å². The Morgan fingerprint density at radius 3 is 2.68 bits per heavy atom. The summed E-state index contributed by atoms with van der Waals surface area (Å²) in [7, 11) is 0. The number of nitrogens with two attached hydrogens (primary N) is 1. The van der Waals surface area contributed by atoms with E-state index >= 15 is 0 Å². The second-order valence-electron chi connectivity index (χ2n) is 4.98. The molecule has 0 atom stereocenters. The third kappa shape index (κ3) is 3.21. The Morgan fingerprint density at radius 2 is 2.11 bits per heavy atom. The Labute approximate surface area is 111 Å². The molecule has 0 heterocycles. The van der Waals surface area contributed by atoms with Gasteiger partial charge in [-0.25, -0.2) is 0 Å². The highest BCUT2D eigenvalue weighted by Crippen LogP contribution is 2.33. The van der Waals surface area contributed by atoms with Crippen LogP contribution in [0.4, 0.5) is 5.69 Å². The molecule has 19 heavy (non-hydrogen) atoms. The third-order valence-corrected chi connectivity index (χ3v) is 3.49. The Hall–Kier alpha value is -1.66. The van der Waals surface area contributed by atoms with E-state index in [0.717, 1.165) is 18.4 Å². The van der Waals surface area contributed by atoms with Gasteiger partial charge in [0.05, 0.1) is 10.5 Å². The van der Waals surface area contributed by atoms with Gasteiger partial charge in [0, 0.05) is 12.6 Å². The van der Waals surface area contributed by atoms with E-state index in [1.54, 1.807) is 12.1 Å². The van der Waals surface area contributed by atoms with Gasteiger partial charge in [0.15, 0.2) is 5.75 Å². The molecule has 3 N–H and O–H groups in total. The van der Waals surface area contributed by atoms with E-state index < -0.39 is 10.5 Å². The smallest absolute Gasteiger partial charge is 0.310 e. The average Bonchev–Trinajstić information content (AvgIpc) is 2.83. The van der Waals surface area contributed by atoms with Crippen LogP contribution in [0.5, 0.6) is 5.75 Å². The summed E-state index contributed by atoms with van der Waals surface area (Å²) in [5.74, 6) is 0.174. The van der Waals surface area contributed by atoms with Crippen LogP contribution >= 0.6 is 0 Å². The number of nitro benzene ring substituents is 1. The molecule has 0 aliphatic heterocycles. The summed E-state index contributed by atoms with van der Waals surface area (Å²) < 4.78 is 5.48. The lowest BCUT2D eigenvalue weighted by Crippen LogP contribution is -2.32. The van der Waals surface area contributed by atoms with Gasteiger partial charge in [0.2, 0.25) is 0 Å². The Morgan fingerprint density at radius 1 is 1.42 bits per heavy atom. The second kappa shape index (κ2) is 5.54. The number of benzene rings is 1. The molecule has 6 heteroatoms. The number of nitrogens with zero attached hydrogens (tertiary/aromatic N) is 1. The largest absolute Gasteiger partial charge is 0.484 e. The van der Waals surface area contributed by atoms with E-state index in [1.807, 2.05) is 0 Å². The third-order valence-electron chi connectivity index (χ3n) is 3.49. The fourth-order valence-electron chi connectivity index (χ4n) is 2.34. The highest BCUT2D eigenvalue weighted by atomic mass is 16.6. The van der Waals surface area contributed by atoms with Crippen molar-refractivity contribution in [3.63, 3.8) is 0 Å². The van der Waals surface area contributed by atoms with Crippen molar-refractivity contribution in [2.24, 2.45) is 5.73 Å². The van der Waals surface area contributed by atoms with Gasteiger partial charge in [-0.1, -0.05) is 18.9 Å². The number of rotatable bonds is 5. The van der Waals surface area contributed by atoms with Gasteiger partial charge in [0.25, 0.3) is 0 Å². The number of ether oxygens (including phenoxy) is 1. The fraction of sp³-hybridized carbons (Fsp3) is 0.538. The van der Waals surface area contributed by atoms with Crippen molar-refractivity contribution in [3.05, 3.63) is 33.9 Å². The molecule has 1 saturated carbocycles. The number of aliphatic hydroxyl groups is 1. The summed E-state index contributed by atoms with van der Waals surface area (Å²) in [6.07, 6.45) is 3.28. The van der Waals surface area contributed by atoms with Crippen LogP contribution in [-0.2, 0) is 6.54 Å². The highest BCUT2D eigenvalue weighted by Gasteiger charge is 2.32. The predicted octanol–water partition coefficient (Wildman–Crippen LogP) is 1.74. The number of hydrogen-bond acceptors (Lipinski definition) is 5. The quantitative estimate of drug-likeness (QED) is 0.624.